The second-order valence-electron chi connectivity index (χ2n) is 5.55. The van der Waals surface area contributed by atoms with Crippen molar-refractivity contribution in [1.29, 1.82) is 0 Å². The van der Waals surface area contributed by atoms with Crippen LogP contribution in [0.5, 0.6) is 0 Å². The second-order valence-corrected chi connectivity index (χ2v) is 6.54. The zero-order valence-electron chi connectivity index (χ0n) is 13.9. The van der Waals surface area contributed by atoms with Crippen molar-refractivity contribution in [3.8, 4) is 11.4 Å². The van der Waals surface area contributed by atoms with E-state index < -0.39 is 5.82 Å². The van der Waals surface area contributed by atoms with Gasteiger partial charge in [0.2, 0.25) is 5.91 Å². The second kappa shape index (κ2) is 7.50. The summed E-state index contributed by atoms with van der Waals surface area (Å²) in [5.74, 6) is 0.0929. The van der Waals surface area contributed by atoms with Crippen molar-refractivity contribution >= 4 is 29.0 Å². The van der Waals surface area contributed by atoms with E-state index in [0.717, 1.165) is 5.56 Å². The van der Waals surface area contributed by atoms with Gasteiger partial charge in [0.25, 0.3) is 0 Å². The van der Waals surface area contributed by atoms with Crippen molar-refractivity contribution in [3.05, 3.63) is 66.7 Å². The number of anilines is 1. The molecule has 3 aromatic heterocycles. The molecule has 0 saturated carbocycles. The summed E-state index contributed by atoms with van der Waals surface area (Å²) in [5.41, 5.74) is 1.87. The van der Waals surface area contributed by atoms with Crippen molar-refractivity contribution in [1.82, 2.24) is 24.8 Å². The van der Waals surface area contributed by atoms with E-state index in [9.17, 15) is 9.18 Å². The molecule has 0 spiro atoms. The van der Waals surface area contributed by atoms with Gasteiger partial charge in [-0.25, -0.2) is 4.39 Å². The Balaban J connectivity index is 1.48. The SMILES string of the molecule is O=C(CSc1ccc2nnc(-c3ccncc3)n2n1)Nc1cccc(F)c1. The van der Waals surface area contributed by atoms with Gasteiger partial charge in [-0.2, -0.15) is 9.61 Å². The molecule has 4 aromatic rings. The topological polar surface area (TPSA) is 85.1 Å². The van der Waals surface area contributed by atoms with E-state index in [4.69, 9.17) is 0 Å². The molecule has 0 unspecified atom stereocenters. The van der Waals surface area contributed by atoms with Gasteiger partial charge in [-0.3, -0.25) is 9.78 Å². The third kappa shape index (κ3) is 3.93. The molecule has 3 heterocycles. The van der Waals surface area contributed by atoms with Gasteiger partial charge in [0, 0.05) is 23.6 Å². The number of carbonyl (C=O) groups excluding carboxylic acids is 1. The van der Waals surface area contributed by atoms with Crippen LogP contribution in [-0.2, 0) is 4.79 Å². The van der Waals surface area contributed by atoms with Gasteiger partial charge < -0.3 is 5.32 Å². The Morgan fingerprint density at radius 2 is 1.96 bits per heavy atom. The number of amides is 1. The molecule has 0 fully saturated rings. The van der Waals surface area contributed by atoms with Crippen LogP contribution in [-0.4, -0.2) is 36.5 Å². The van der Waals surface area contributed by atoms with Crippen LogP contribution in [0.4, 0.5) is 10.1 Å². The maximum Gasteiger partial charge on any atom is 0.234 e. The van der Waals surface area contributed by atoms with E-state index in [1.165, 1.54) is 23.9 Å². The number of rotatable bonds is 5. The fraction of sp³-hybridized carbons (Fsp3) is 0.0556. The molecule has 0 bridgehead atoms. The molecule has 0 aliphatic carbocycles. The van der Waals surface area contributed by atoms with Gasteiger partial charge in [0.15, 0.2) is 11.5 Å². The van der Waals surface area contributed by atoms with Crippen LogP contribution in [0.1, 0.15) is 0 Å². The lowest BCUT2D eigenvalue weighted by Gasteiger charge is -2.05. The molecule has 0 radical (unpaired) electrons. The number of aromatic nitrogens is 5. The highest BCUT2D eigenvalue weighted by molar-refractivity contribution is 7.99. The predicted molar refractivity (Wildman–Crippen MR) is 99.8 cm³/mol. The summed E-state index contributed by atoms with van der Waals surface area (Å²) in [6.07, 6.45) is 3.34. The fourth-order valence-electron chi connectivity index (χ4n) is 2.43. The molecule has 134 valence electrons. The number of hydrogen-bond acceptors (Lipinski definition) is 6. The fourth-order valence-corrected chi connectivity index (χ4v) is 3.09. The largest absolute Gasteiger partial charge is 0.325 e. The quantitative estimate of drug-likeness (QED) is 0.536. The highest BCUT2D eigenvalue weighted by atomic mass is 32.2. The van der Waals surface area contributed by atoms with Gasteiger partial charge in [-0.1, -0.05) is 17.8 Å². The maximum atomic E-state index is 13.2. The molecular formula is C18H13FN6OS. The highest BCUT2D eigenvalue weighted by Gasteiger charge is 2.11. The van der Waals surface area contributed by atoms with Gasteiger partial charge in [-0.15, -0.1) is 10.2 Å². The van der Waals surface area contributed by atoms with Gasteiger partial charge >= 0.3 is 0 Å². The summed E-state index contributed by atoms with van der Waals surface area (Å²) in [6, 6.07) is 13.0. The zero-order valence-corrected chi connectivity index (χ0v) is 14.7. The number of halogens is 1. The summed E-state index contributed by atoms with van der Waals surface area (Å²) < 4.78 is 14.8. The van der Waals surface area contributed by atoms with Crippen molar-refractivity contribution in [2.75, 3.05) is 11.1 Å². The Morgan fingerprint density at radius 3 is 2.78 bits per heavy atom. The van der Waals surface area contributed by atoms with E-state index in [2.05, 4.69) is 25.6 Å². The maximum absolute atomic E-state index is 13.2. The smallest absolute Gasteiger partial charge is 0.234 e. The highest BCUT2D eigenvalue weighted by Crippen LogP contribution is 2.20. The predicted octanol–water partition coefficient (Wildman–Crippen LogP) is 3.06. The van der Waals surface area contributed by atoms with E-state index >= 15 is 0 Å². The lowest BCUT2D eigenvalue weighted by molar-refractivity contribution is -0.113. The van der Waals surface area contributed by atoms with E-state index in [0.29, 0.717) is 22.2 Å². The van der Waals surface area contributed by atoms with Crippen LogP contribution in [0.15, 0.2) is 66.0 Å². The number of pyridine rings is 1. The van der Waals surface area contributed by atoms with Gasteiger partial charge in [0.05, 0.1) is 5.75 Å². The summed E-state index contributed by atoms with van der Waals surface area (Å²) >= 11 is 1.27. The van der Waals surface area contributed by atoms with Gasteiger partial charge in [0.1, 0.15) is 10.8 Å². The lowest BCUT2D eigenvalue weighted by atomic mass is 10.2. The first-order valence-electron chi connectivity index (χ1n) is 8.00. The summed E-state index contributed by atoms with van der Waals surface area (Å²) in [5, 5.41) is 16.1. The van der Waals surface area contributed by atoms with Crippen LogP contribution >= 0.6 is 11.8 Å². The van der Waals surface area contributed by atoms with E-state index in [1.807, 2.05) is 12.1 Å². The van der Waals surface area contributed by atoms with Crippen molar-refractivity contribution in [3.63, 3.8) is 0 Å². The van der Waals surface area contributed by atoms with Crippen molar-refractivity contribution < 1.29 is 9.18 Å². The zero-order chi connectivity index (χ0) is 18.6. The Hall–Kier alpha value is -3.33. The molecule has 4 rings (SSSR count). The molecule has 27 heavy (non-hydrogen) atoms. The first kappa shape index (κ1) is 17.1. The first-order chi connectivity index (χ1) is 13.2. The number of carbonyl (C=O) groups is 1. The Morgan fingerprint density at radius 1 is 1.11 bits per heavy atom. The van der Waals surface area contributed by atoms with Crippen molar-refractivity contribution in [2.24, 2.45) is 0 Å². The average molecular weight is 380 g/mol. The molecule has 1 N–H and O–H groups in total. The standard InChI is InChI=1S/C18H13FN6OS/c19-13-2-1-3-14(10-13)21-16(26)11-27-17-5-4-15-22-23-18(25(15)24-17)12-6-8-20-9-7-12/h1-10H,11H2,(H,21,26). The molecule has 7 nitrogen and oxygen atoms in total. The Labute approximate surface area is 157 Å². The monoisotopic (exact) mass is 380 g/mol. The minimum atomic E-state index is -0.399. The lowest BCUT2D eigenvalue weighted by Crippen LogP contribution is -2.14. The minimum Gasteiger partial charge on any atom is -0.325 e. The van der Waals surface area contributed by atoms with E-state index in [1.54, 1.807) is 41.2 Å². The first-order valence-corrected chi connectivity index (χ1v) is 8.99. The number of hydrogen-bond donors (Lipinski definition) is 1. The van der Waals surface area contributed by atoms with E-state index in [-0.39, 0.29) is 11.7 Å². The summed E-state index contributed by atoms with van der Waals surface area (Å²) in [4.78, 5) is 16.1. The molecule has 0 saturated heterocycles. The van der Waals surface area contributed by atoms with Crippen LogP contribution in [0.2, 0.25) is 0 Å². The number of fused-ring (bicyclic) bond motifs is 1. The Bertz CT molecular complexity index is 1100. The molecular weight excluding hydrogens is 367 g/mol. The molecule has 1 aromatic carbocycles. The normalized spacial score (nSPS) is 10.9. The number of nitrogens with zero attached hydrogens (tertiary/aromatic N) is 5. The molecule has 1 amide bonds. The third-order valence-corrected chi connectivity index (χ3v) is 4.56. The molecule has 0 atom stereocenters. The Kier molecular flexibility index (Phi) is 4.75. The third-order valence-electron chi connectivity index (χ3n) is 3.64. The average Bonchev–Trinajstić information content (AvgIpc) is 3.10. The van der Waals surface area contributed by atoms with Crippen LogP contribution in [0.3, 0.4) is 0 Å². The van der Waals surface area contributed by atoms with Crippen LogP contribution in [0.25, 0.3) is 17.0 Å². The van der Waals surface area contributed by atoms with Crippen LogP contribution in [0, 0.1) is 5.82 Å². The summed E-state index contributed by atoms with van der Waals surface area (Å²) in [6.45, 7) is 0. The number of nitrogens with one attached hydrogen (secondary N) is 1. The summed E-state index contributed by atoms with van der Waals surface area (Å²) in [7, 11) is 0. The van der Waals surface area contributed by atoms with Gasteiger partial charge in [-0.05, 0) is 42.5 Å². The van der Waals surface area contributed by atoms with Crippen LogP contribution < -0.4 is 5.32 Å². The molecule has 0 aliphatic rings. The molecule has 9 heteroatoms. The van der Waals surface area contributed by atoms with Crippen molar-refractivity contribution in [2.45, 2.75) is 5.03 Å². The molecule has 0 aliphatic heterocycles. The number of benzene rings is 1. The minimum absolute atomic E-state index is 0.141. The number of thioether (sulfide) groups is 1.